The molecule has 21 heavy (non-hydrogen) atoms. The standard InChI is InChI=1S/C17H14ClNOS/c1-12-4-2-7-16(8-12)20-10-15-11-21-17(19-15)13-5-3-6-14(18)9-13/h2-9,11H,10H2,1H3. The summed E-state index contributed by atoms with van der Waals surface area (Å²) in [5.74, 6) is 0.868. The molecule has 0 radical (unpaired) electrons. The number of aromatic nitrogens is 1. The van der Waals surface area contributed by atoms with E-state index in [-0.39, 0.29) is 0 Å². The molecular formula is C17H14ClNOS. The van der Waals surface area contributed by atoms with Crippen molar-refractivity contribution >= 4 is 22.9 Å². The predicted molar refractivity (Wildman–Crippen MR) is 88.1 cm³/mol. The number of thiazole rings is 1. The summed E-state index contributed by atoms with van der Waals surface area (Å²) in [5.41, 5.74) is 3.15. The van der Waals surface area contributed by atoms with E-state index < -0.39 is 0 Å². The van der Waals surface area contributed by atoms with E-state index in [4.69, 9.17) is 16.3 Å². The van der Waals surface area contributed by atoms with Gasteiger partial charge >= 0.3 is 0 Å². The van der Waals surface area contributed by atoms with Crippen LogP contribution in [0.4, 0.5) is 0 Å². The van der Waals surface area contributed by atoms with Crippen LogP contribution in [0.2, 0.25) is 5.02 Å². The normalized spacial score (nSPS) is 10.6. The van der Waals surface area contributed by atoms with Gasteiger partial charge in [-0.25, -0.2) is 4.98 Å². The zero-order valence-corrected chi connectivity index (χ0v) is 13.1. The fraction of sp³-hybridized carbons (Fsp3) is 0.118. The smallest absolute Gasteiger partial charge is 0.131 e. The van der Waals surface area contributed by atoms with Gasteiger partial charge in [0, 0.05) is 16.0 Å². The van der Waals surface area contributed by atoms with Gasteiger partial charge in [-0.3, -0.25) is 0 Å². The molecule has 4 heteroatoms. The van der Waals surface area contributed by atoms with Gasteiger partial charge in [0.2, 0.25) is 0 Å². The van der Waals surface area contributed by atoms with E-state index in [0.717, 1.165) is 27.0 Å². The third kappa shape index (κ3) is 3.63. The first-order valence-corrected chi connectivity index (χ1v) is 7.86. The number of ether oxygens (including phenoxy) is 1. The molecule has 0 aliphatic carbocycles. The SMILES string of the molecule is Cc1cccc(OCc2csc(-c3cccc(Cl)c3)n2)c1. The number of nitrogens with zero attached hydrogens (tertiary/aromatic N) is 1. The largest absolute Gasteiger partial charge is 0.487 e. The lowest BCUT2D eigenvalue weighted by Crippen LogP contribution is -1.95. The summed E-state index contributed by atoms with van der Waals surface area (Å²) in [6, 6.07) is 15.7. The highest BCUT2D eigenvalue weighted by Crippen LogP contribution is 2.26. The highest BCUT2D eigenvalue weighted by Gasteiger charge is 2.06. The van der Waals surface area contributed by atoms with Crippen molar-refractivity contribution < 1.29 is 4.74 Å². The van der Waals surface area contributed by atoms with Crippen molar-refractivity contribution in [2.45, 2.75) is 13.5 Å². The predicted octanol–water partition coefficient (Wildman–Crippen LogP) is 5.35. The Morgan fingerprint density at radius 1 is 1.14 bits per heavy atom. The van der Waals surface area contributed by atoms with Crippen molar-refractivity contribution in [1.82, 2.24) is 4.98 Å². The highest BCUT2D eigenvalue weighted by atomic mass is 35.5. The first kappa shape index (κ1) is 14.1. The Morgan fingerprint density at radius 2 is 2.00 bits per heavy atom. The van der Waals surface area contributed by atoms with Gasteiger partial charge in [0.15, 0.2) is 0 Å². The lowest BCUT2D eigenvalue weighted by Gasteiger charge is -2.04. The van der Waals surface area contributed by atoms with Crippen LogP contribution in [-0.2, 0) is 6.61 Å². The maximum atomic E-state index is 6.01. The first-order chi connectivity index (χ1) is 10.2. The van der Waals surface area contributed by atoms with Gasteiger partial charge in [0.25, 0.3) is 0 Å². The molecule has 106 valence electrons. The Hall–Kier alpha value is -1.84. The van der Waals surface area contributed by atoms with E-state index in [9.17, 15) is 0 Å². The van der Waals surface area contributed by atoms with Crippen molar-refractivity contribution in [3.05, 3.63) is 70.2 Å². The summed E-state index contributed by atoms with van der Waals surface area (Å²) in [5, 5.41) is 3.70. The van der Waals surface area contributed by atoms with Gasteiger partial charge < -0.3 is 4.74 Å². The van der Waals surface area contributed by atoms with Crippen LogP contribution in [0.1, 0.15) is 11.3 Å². The van der Waals surface area contributed by atoms with Gasteiger partial charge in [-0.1, -0.05) is 35.9 Å². The van der Waals surface area contributed by atoms with E-state index in [1.54, 1.807) is 11.3 Å². The highest BCUT2D eigenvalue weighted by molar-refractivity contribution is 7.13. The second-order valence-electron chi connectivity index (χ2n) is 4.76. The molecule has 1 aromatic heterocycles. The van der Waals surface area contributed by atoms with Crippen LogP contribution in [-0.4, -0.2) is 4.98 Å². The van der Waals surface area contributed by atoms with Crippen LogP contribution in [0.5, 0.6) is 5.75 Å². The summed E-state index contributed by atoms with van der Waals surface area (Å²) in [6.07, 6.45) is 0. The molecule has 0 saturated heterocycles. The van der Waals surface area contributed by atoms with Crippen molar-refractivity contribution in [3.8, 4) is 16.3 Å². The Labute approximate surface area is 133 Å². The van der Waals surface area contributed by atoms with Crippen LogP contribution >= 0.6 is 22.9 Å². The monoisotopic (exact) mass is 315 g/mol. The summed E-state index contributed by atoms with van der Waals surface area (Å²) in [7, 11) is 0. The average Bonchev–Trinajstić information content (AvgIpc) is 2.94. The number of benzene rings is 2. The Kier molecular flexibility index (Phi) is 4.23. The topological polar surface area (TPSA) is 22.1 Å². The maximum Gasteiger partial charge on any atom is 0.131 e. The molecule has 0 atom stereocenters. The molecule has 0 bridgehead atoms. The Morgan fingerprint density at radius 3 is 2.81 bits per heavy atom. The van der Waals surface area contributed by atoms with Gasteiger partial charge in [-0.15, -0.1) is 11.3 Å². The summed E-state index contributed by atoms with van der Waals surface area (Å²) in [4.78, 5) is 4.59. The number of halogens is 1. The third-order valence-corrected chi connectivity index (χ3v) is 4.17. The van der Waals surface area contributed by atoms with Crippen molar-refractivity contribution in [2.24, 2.45) is 0 Å². The van der Waals surface area contributed by atoms with Crippen LogP contribution < -0.4 is 4.74 Å². The van der Waals surface area contributed by atoms with Gasteiger partial charge in [-0.05, 0) is 36.8 Å². The lowest BCUT2D eigenvalue weighted by atomic mass is 10.2. The second-order valence-corrected chi connectivity index (χ2v) is 6.05. The molecule has 0 unspecified atom stereocenters. The molecule has 3 aromatic rings. The number of aryl methyl sites for hydroxylation is 1. The molecule has 2 aromatic carbocycles. The van der Waals surface area contributed by atoms with Crippen LogP contribution in [0.25, 0.3) is 10.6 Å². The zero-order valence-electron chi connectivity index (χ0n) is 11.5. The molecule has 0 aliphatic heterocycles. The van der Waals surface area contributed by atoms with Gasteiger partial charge in [0.1, 0.15) is 17.4 Å². The molecule has 1 heterocycles. The molecule has 3 rings (SSSR count). The lowest BCUT2D eigenvalue weighted by molar-refractivity contribution is 0.302. The molecule has 2 nitrogen and oxygen atoms in total. The van der Waals surface area contributed by atoms with Crippen LogP contribution in [0.3, 0.4) is 0 Å². The fourth-order valence-corrected chi connectivity index (χ4v) is 2.98. The number of rotatable bonds is 4. The Balaban J connectivity index is 1.71. The number of hydrogen-bond donors (Lipinski definition) is 0. The summed E-state index contributed by atoms with van der Waals surface area (Å²) >= 11 is 7.61. The Bertz CT molecular complexity index is 754. The molecule has 0 saturated carbocycles. The van der Waals surface area contributed by atoms with Crippen LogP contribution in [0, 0.1) is 6.92 Å². The quantitative estimate of drug-likeness (QED) is 0.647. The molecule has 0 aliphatic rings. The van der Waals surface area contributed by atoms with Gasteiger partial charge in [-0.2, -0.15) is 0 Å². The zero-order chi connectivity index (χ0) is 14.7. The minimum absolute atomic E-state index is 0.473. The second kappa shape index (κ2) is 6.29. The van der Waals surface area contributed by atoms with Crippen molar-refractivity contribution in [2.75, 3.05) is 0 Å². The van der Waals surface area contributed by atoms with E-state index in [1.807, 2.05) is 60.8 Å². The molecule has 0 N–H and O–H groups in total. The van der Waals surface area contributed by atoms with Gasteiger partial charge in [0.05, 0.1) is 5.69 Å². The number of hydrogen-bond acceptors (Lipinski definition) is 3. The molecule has 0 fully saturated rings. The van der Waals surface area contributed by atoms with E-state index in [0.29, 0.717) is 6.61 Å². The van der Waals surface area contributed by atoms with E-state index in [1.165, 1.54) is 5.56 Å². The average molecular weight is 316 g/mol. The summed E-state index contributed by atoms with van der Waals surface area (Å²) < 4.78 is 5.76. The van der Waals surface area contributed by atoms with E-state index in [2.05, 4.69) is 4.98 Å². The molecular weight excluding hydrogens is 302 g/mol. The summed E-state index contributed by atoms with van der Waals surface area (Å²) in [6.45, 7) is 2.52. The molecule has 0 amide bonds. The van der Waals surface area contributed by atoms with E-state index >= 15 is 0 Å². The minimum Gasteiger partial charge on any atom is -0.487 e. The maximum absolute atomic E-state index is 6.01. The minimum atomic E-state index is 0.473. The molecule has 0 spiro atoms. The first-order valence-electron chi connectivity index (χ1n) is 6.60. The fourth-order valence-electron chi connectivity index (χ4n) is 1.99. The van der Waals surface area contributed by atoms with Crippen molar-refractivity contribution in [1.29, 1.82) is 0 Å². The van der Waals surface area contributed by atoms with Crippen molar-refractivity contribution in [3.63, 3.8) is 0 Å². The van der Waals surface area contributed by atoms with Crippen LogP contribution in [0.15, 0.2) is 53.9 Å². The third-order valence-electron chi connectivity index (χ3n) is 3.00.